The number of benzene rings is 5. The van der Waals surface area contributed by atoms with E-state index >= 15 is 0 Å². The molecular formula is C40H34N6O2. The molecule has 5 aromatic carbocycles. The number of aryl methyl sites for hydroxylation is 1. The molecule has 1 aliphatic heterocycles. The second kappa shape index (κ2) is 13.0. The predicted molar refractivity (Wildman–Crippen MR) is 185 cm³/mol. The number of hydrogen-bond acceptors (Lipinski definition) is 6. The summed E-state index contributed by atoms with van der Waals surface area (Å²) in [4.78, 5) is 16.3. The first-order chi connectivity index (χ1) is 23.6. The topological polar surface area (TPSA) is 105 Å². The number of rotatable bonds is 11. The number of carboxylic acid groups (broad SMARTS) is 1. The maximum absolute atomic E-state index is 12.0. The molecule has 0 unspecified atom stereocenters. The molecule has 1 aliphatic rings. The van der Waals surface area contributed by atoms with Crippen LogP contribution in [0.4, 0.5) is 0 Å². The van der Waals surface area contributed by atoms with Crippen LogP contribution in [0.15, 0.2) is 166 Å². The van der Waals surface area contributed by atoms with E-state index in [1.54, 1.807) is 4.57 Å². The zero-order valence-electron chi connectivity index (χ0n) is 26.5. The molecule has 2 heterocycles. The third-order valence-electron chi connectivity index (χ3n) is 9.10. The van der Waals surface area contributed by atoms with E-state index in [2.05, 4.69) is 83.0 Å². The summed E-state index contributed by atoms with van der Waals surface area (Å²) in [5, 5.41) is 28.2. The Morgan fingerprint density at radius 2 is 1.23 bits per heavy atom. The first kappa shape index (κ1) is 30.6. The maximum Gasteiger partial charge on any atom is 0.354 e. The van der Waals surface area contributed by atoms with Gasteiger partial charge in [-0.15, -0.1) is 10.2 Å². The molecule has 236 valence electrons. The average Bonchev–Trinajstić information content (AvgIpc) is 3.79. The Kier molecular flexibility index (Phi) is 8.29. The molecule has 0 saturated heterocycles. The van der Waals surface area contributed by atoms with Gasteiger partial charge in [-0.3, -0.25) is 0 Å². The van der Waals surface area contributed by atoms with Gasteiger partial charge >= 0.3 is 5.97 Å². The molecule has 0 aliphatic carbocycles. The molecule has 0 amide bonds. The molecule has 0 radical (unpaired) electrons. The monoisotopic (exact) mass is 630 g/mol. The SMILES string of the molecule is CCCc1ncc(C(=O)O)n1Cc1ccc(-c2ccccc2C2(C(c3ccccc3)(c3ccccc3)c3ccccc3)N=NN=N2)cc1. The number of hydrogen-bond donors (Lipinski definition) is 1. The lowest BCUT2D eigenvalue weighted by Gasteiger charge is -2.45. The first-order valence-electron chi connectivity index (χ1n) is 16.1. The van der Waals surface area contributed by atoms with Crippen molar-refractivity contribution in [3.8, 4) is 11.1 Å². The minimum Gasteiger partial charge on any atom is -0.477 e. The van der Waals surface area contributed by atoms with E-state index in [9.17, 15) is 9.90 Å². The van der Waals surface area contributed by atoms with Crippen LogP contribution in [0.2, 0.25) is 0 Å². The summed E-state index contributed by atoms with van der Waals surface area (Å²) in [6.45, 7) is 2.47. The fraction of sp³-hybridized carbons (Fsp3) is 0.150. The summed E-state index contributed by atoms with van der Waals surface area (Å²) < 4.78 is 1.79. The molecule has 48 heavy (non-hydrogen) atoms. The molecule has 0 fully saturated rings. The van der Waals surface area contributed by atoms with E-state index in [1.165, 1.54) is 6.20 Å². The third-order valence-corrected chi connectivity index (χ3v) is 9.10. The Balaban J connectivity index is 1.41. The third kappa shape index (κ3) is 5.11. The summed E-state index contributed by atoms with van der Waals surface area (Å²) in [7, 11) is 0. The van der Waals surface area contributed by atoms with Crippen molar-refractivity contribution in [2.24, 2.45) is 20.7 Å². The van der Waals surface area contributed by atoms with Crippen LogP contribution in [0.3, 0.4) is 0 Å². The van der Waals surface area contributed by atoms with Crippen molar-refractivity contribution in [2.45, 2.75) is 37.4 Å². The molecule has 1 N–H and O–H groups in total. The Morgan fingerprint density at radius 1 is 0.708 bits per heavy atom. The molecule has 0 bridgehead atoms. The van der Waals surface area contributed by atoms with Crippen LogP contribution in [-0.4, -0.2) is 20.6 Å². The number of nitrogens with zero attached hydrogens (tertiary/aromatic N) is 6. The number of imidazole rings is 1. The van der Waals surface area contributed by atoms with Gasteiger partial charge in [0.2, 0.25) is 5.66 Å². The molecular weight excluding hydrogens is 596 g/mol. The maximum atomic E-state index is 12.0. The summed E-state index contributed by atoms with van der Waals surface area (Å²) in [5.41, 5.74) is 4.69. The van der Waals surface area contributed by atoms with Gasteiger partial charge in [-0.05, 0) is 50.2 Å². The lowest BCUT2D eigenvalue weighted by molar-refractivity contribution is 0.0685. The smallest absolute Gasteiger partial charge is 0.354 e. The molecule has 8 heteroatoms. The summed E-state index contributed by atoms with van der Waals surface area (Å²) >= 11 is 0. The van der Waals surface area contributed by atoms with Crippen molar-refractivity contribution in [1.82, 2.24) is 9.55 Å². The highest BCUT2D eigenvalue weighted by Crippen LogP contribution is 2.58. The van der Waals surface area contributed by atoms with Crippen molar-refractivity contribution >= 4 is 5.97 Å². The number of aromatic carboxylic acids is 1. The van der Waals surface area contributed by atoms with E-state index in [0.29, 0.717) is 13.0 Å². The van der Waals surface area contributed by atoms with Crippen molar-refractivity contribution in [1.29, 1.82) is 0 Å². The minimum absolute atomic E-state index is 0.186. The summed E-state index contributed by atoms with van der Waals surface area (Å²) in [6, 6.07) is 47.4. The van der Waals surface area contributed by atoms with Crippen LogP contribution < -0.4 is 0 Å². The summed E-state index contributed by atoms with van der Waals surface area (Å²) in [6.07, 6.45) is 3.02. The van der Waals surface area contributed by atoms with Crippen LogP contribution in [0.5, 0.6) is 0 Å². The fourth-order valence-electron chi connectivity index (χ4n) is 7.01. The second-order valence-electron chi connectivity index (χ2n) is 11.8. The highest BCUT2D eigenvalue weighted by Gasteiger charge is 2.60. The van der Waals surface area contributed by atoms with Gasteiger partial charge in [0.15, 0.2) is 0 Å². The number of carboxylic acids is 1. The Labute approximate surface area is 279 Å². The number of aromatic nitrogens is 2. The van der Waals surface area contributed by atoms with Gasteiger partial charge in [0.05, 0.1) is 11.6 Å². The largest absolute Gasteiger partial charge is 0.477 e. The van der Waals surface area contributed by atoms with Gasteiger partial charge in [0.1, 0.15) is 11.5 Å². The van der Waals surface area contributed by atoms with Gasteiger partial charge in [-0.1, -0.05) is 146 Å². The van der Waals surface area contributed by atoms with E-state index in [0.717, 1.165) is 51.2 Å². The van der Waals surface area contributed by atoms with Crippen LogP contribution in [0.25, 0.3) is 11.1 Å². The van der Waals surface area contributed by atoms with Crippen LogP contribution >= 0.6 is 0 Å². The molecule has 0 atom stereocenters. The fourth-order valence-corrected chi connectivity index (χ4v) is 7.01. The van der Waals surface area contributed by atoms with Gasteiger partial charge in [-0.2, -0.15) is 0 Å². The second-order valence-corrected chi connectivity index (χ2v) is 11.8. The molecule has 1 aromatic heterocycles. The molecule has 0 saturated carbocycles. The van der Waals surface area contributed by atoms with Gasteiger partial charge < -0.3 is 9.67 Å². The minimum atomic E-state index is -1.30. The Morgan fingerprint density at radius 3 is 1.75 bits per heavy atom. The van der Waals surface area contributed by atoms with Crippen LogP contribution in [0, 0.1) is 0 Å². The van der Waals surface area contributed by atoms with E-state index in [1.807, 2.05) is 78.9 Å². The van der Waals surface area contributed by atoms with Crippen molar-refractivity contribution in [3.63, 3.8) is 0 Å². The Bertz CT molecular complexity index is 1980. The van der Waals surface area contributed by atoms with E-state index in [4.69, 9.17) is 10.2 Å². The van der Waals surface area contributed by atoms with E-state index < -0.39 is 17.0 Å². The lowest BCUT2D eigenvalue weighted by atomic mass is 9.59. The molecule has 0 spiro atoms. The van der Waals surface area contributed by atoms with Crippen molar-refractivity contribution in [2.75, 3.05) is 0 Å². The zero-order chi connectivity index (χ0) is 33.0. The van der Waals surface area contributed by atoms with E-state index in [-0.39, 0.29) is 5.69 Å². The van der Waals surface area contributed by atoms with Gasteiger partial charge in [0.25, 0.3) is 0 Å². The van der Waals surface area contributed by atoms with Crippen LogP contribution in [0.1, 0.15) is 57.5 Å². The van der Waals surface area contributed by atoms with Gasteiger partial charge in [-0.25, -0.2) is 9.78 Å². The highest BCUT2D eigenvalue weighted by atomic mass is 16.4. The number of carbonyl (C=O) groups is 1. The molecule has 8 nitrogen and oxygen atoms in total. The quantitative estimate of drug-likeness (QED) is 0.144. The molecule has 7 rings (SSSR count). The lowest BCUT2D eigenvalue weighted by Crippen LogP contribution is -2.48. The first-order valence-corrected chi connectivity index (χ1v) is 16.1. The van der Waals surface area contributed by atoms with Crippen molar-refractivity contribution in [3.05, 3.63) is 185 Å². The predicted octanol–water partition coefficient (Wildman–Crippen LogP) is 9.27. The average molecular weight is 631 g/mol. The van der Waals surface area contributed by atoms with Gasteiger partial charge in [0, 0.05) is 18.5 Å². The highest BCUT2D eigenvalue weighted by molar-refractivity contribution is 5.85. The molecule has 6 aromatic rings. The normalized spacial score (nSPS) is 13.5. The van der Waals surface area contributed by atoms with Crippen LogP contribution in [-0.2, 0) is 24.0 Å². The Hall–Kier alpha value is -6.02. The summed E-state index contributed by atoms with van der Waals surface area (Å²) in [5.74, 6) is -0.221. The standard InChI is InChI=1S/C40H34N6O2/c1-2-14-37-41-27-36(38(47)48)46(37)28-29-23-25-30(26-24-29)34-21-12-13-22-35(34)40(42-44-45-43-40)39(31-15-6-3-7-16-31,32-17-8-4-9-18-32)33-19-10-5-11-20-33/h3-13,15-27H,2,14,28H2,1H3,(H,47,48). The van der Waals surface area contributed by atoms with Crippen molar-refractivity contribution < 1.29 is 9.90 Å². The zero-order valence-corrected chi connectivity index (χ0v) is 26.5.